The van der Waals surface area contributed by atoms with Crippen molar-refractivity contribution in [3.63, 3.8) is 0 Å². The number of carbonyl (C=O) groups is 2. The highest BCUT2D eigenvalue weighted by molar-refractivity contribution is 6.34. The quantitative estimate of drug-likeness (QED) is 0.466. The molecule has 2 aromatic rings. The van der Waals surface area contributed by atoms with E-state index in [0.29, 0.717) is 35.9 Å². The second kappa shape index (κ2) is 11.7. The number of halogens is 1. The number of hydrogen-bond acceptors (Lipinski definition) is 9. The molecule has 1 atom stereocenters. The van der Waals surface area contributed by atoms with Crippen LogP contribution in [0.4, 0.5) is 10.6 Å². The fourth-order valence-corrected chi connectivity index (χ4v) is 4.67. The summed E-state index contributed by atoms with van der Waals surface area (Å²) in [4.78, 5) is 41.0. The number of esters is 1. The number of nitrogens with zero attached hydrogens (tertiary/aromatic N) is 4. The second-order valence-corrected chi connectivity index (χ2v) is 11.1. The van der Waals surface area contributed by atoms with Crippen LogP contribution in [0.5, 0.6) is 5.88 Å². The minimum absolute atomic E-state index is 0.108. The molecular formula is C27H38ClN5O5. The van der Waals surface area contributed by atoms with Gasteiger partial charge in [-0.3, -0.25) is 0 Å². The van der Waals surface area contributed by atoms with Crippen molar-refractivity contribution in [3.8, 4) is 17.1 Å². The highest BCUT2D eigenvalue weighted by atomic mass is 35.5. The number of ether oxygens (including phenoxy) is 3. The Morgan fingerprint density at radius 1 is 1.24 bits per heavy atom. The molecule has 1 unspecified atom stereocenters. The summed E-state index contributed by atoms with van der Waals surface area (Å²) in [5, 5.41) is 3.27. The number of aryl methyl sites for hydroxylation is 1. The molecule has 0 aromatic carbocycles. The molecule has 0 spiro atoms. The van der Waals surface area contributed by atoms with Gasteiger partial charge in [0, 0.05) is 30.9 Å². The van der Waals surface area contributed by atoms with Crippen LogP contribution in [0.25, 0.3) is 11.3 Å². The van der Waals surface area contributed by atoms with Crippen LogP contribution in [0, 0.1) is 12.3 Å². The number of pyridine rings is 1. The number of methoxy groups -OCH3 is 1. The molecule has 0 radical (unpaired) electrons. The minimum atomic E-state index is -0.564. The summed E-state index contributed by atoms with van der Waals surface area (Å²) < 4.78 is 16.0. The van der Waals surface area contributed by atoms with Gasteiger partial charge in [0.2, 0.25) is 5.88 Å². The highest BCUT2D eigenvalue weighted by Crippen LogP contribution is 2.38. The predicted molar refractivity (Wildman–Crippen MR) is 146 cm³/mol. The second-order valence-electron chi connectivity index (χ2n) is 10.7. The Balaban J connectivity index is 1.88. The van der Waals surface area contributed by atoms with Gasteiger partial charge in [-0.2, -0.15) is 0 Å². The van der Waals surface area contributed by atoms with Crippen LogP contribution in [0.1, 0.15) is 70.6 Å². The van der Waals surface area contributed by atoms with Crippen molar-refractivity contribution in [3.05, 3.63) is 28.7 Å². The number of aromatic nitrogens is 3. The number of piperidine rings is 1. The van der Waals surface area contributed by atoms with Gasteiger partial charge in [0.15, 0.2) is 11.5 Å². The van der Waals surface area contributed by atoms with Gasteiger partial charge in [0.25, 0.3) is 0 Å². The summed E-state index contributed by atoms with van der Waals surface area (Å²) in [6.45, 7) is 14.7. The van der Waals surface area contributed by atoms with Gasteiger partial charge in [-0.05, 0) is 65.9 Å². The Morgan fingerprint density at radius 2 is 1.89 bits per heavy atom. The van der Waals surface area contributed by atoms with E-state index < -0.39 is 17.7 Å². The molecule has 0 aliphatic carbocycles. The van der Waals surface area contributed by atoms with E-state index >= 15 is 0 Å². The van der Waals surface area contributed by atoms with Crippen molar-refractivity contribution in [2.75, 3.05) is 31.7 Å². The predicted octanol–water partition coefficient (Wildman–Crippen LogP) is 5.21. The molecule has 0 bridgehead atoms. The molecule has 1 amide bonds. The number of anilines is 1. The van der Waals surface area contributed by atoms with Gasteiger partial charge in [0.05, 0.1) is 25.1 Å². The Kier molecular flexibility index (Phi) is 9.07. The summed E-state index contributed by atoms with van der Waals surface area (Å²) in [5.41, 5.74) is 1.03. The third-order valence-corrected chi connectivity index (χ3v) is 7.18. The average molecular weight is 548 g/mol. The molecule has 2 aromatic heterocycles. The molecule has 1 N–H and O–H groups in total. The average Bonchev–Trinajstić information content (AvgIpc) is 2.83. The van der Waals surface area contributed by atoms with Gasteiger partial charge >= 0.3 is 12.1 Å². The summed E-state index contributed by atoms with van der Waals surface area (Å²) in [5.74, 6) is 0.176. The topological polar surface area (TPSA) is 116 Å². The first-order valence-corrected chi connectivity index (χ1v) is 13.2. The van der Waals surface area contributed by atoms with Crippen LogP contribution in [0.2, 0.25) is 5.02 Å². The van der Waals surface area contributed by atoms with Gasteiger partial charge in [-0.1, -0.05) is 18.5 Å². The van der Waals surface area contributed by atoms with E-state index in [-0.39, 0.29) is 34.7 Å². The summed E-state index contributed by atoms with van der Waals surface area (Å²) >= 11 is 6.51. The van der Waals surface area contributed by atoms with E-state index in [1.165, 1.54) is 7.11 Å². The van der Waals surface area contributed by atoms with Crippen molar-refractivity contribution < 1.29 is 23.8 Å². The fourth-order valence-electron chi connectivity index (χ4n) is 4.39. The van der Waals surface area contributed by atoms with E-state index in [4.69, 9.17) is 35.8 Å². The fraction of sp³-hybridized carbons (Fsp3) is 0.593. The van der Waals surface area contributed by atoms with Crippen LogP contribution < -0.4 is 15.0 Å². The van der Waals surface area contributed by atoms with E-state index in [1.807, 2.05) is 39.5 Å². The Morgan fingerprint density at radius 3 is 2.47 bits per heavy atom. The lowest BCUT2D eigenvalue weighted by Gasteiger charge is -2.44. The number of alkyl carbamates (subject to hydrolysis) is 1. The first kappa shape index (κ1) is 29.4. The maximum atomic E-state index is 13.0. The smallest absolute Gasteiger partial charge is 0.407 e. The van der Waals surface area contributed by atoms with Crippen LogP contribution >= 0.6 is 11.6 Å². The molecule has 3 rings (SSSR count). The zero-order valence-corrected chi connectivity index (χ0v) is 24.2. The van der Waals surface area contributed by atoms with Gasteiger partial charge in [0.1, 0.15) is 10.6 Å². The molecule has 1 saturated heterocycles. The minimum Gasteiger partial charge on any atom is -0.480 e. The number of amides is 1. The van der Waals surface area contributed by atoms with E-state index in [2.05, 4.69) is 17.2 Å². The standard InChI is InChI=1S/C27H38ClN5O5/c1-9-37-24(34)21-22(30-16(2)20(32-21)18-10-13-29-23(36-8)19(18)28)33-14-11-27(7,12-15-33)17(3)31-25(35)38-26(4,5)6/h10,13,17H,9,11-12,14-15H2,1-8H3,(H,31,35). The van der Waals surface area contributed by atoms with E-state index in [1.54, 1.807) is 19.2 Å². The molecule has 1 fully saturated rings. The summed E-state index contributed by atoms with van der Waals surface area (Å²) in [6.07, 6.45) is 2.67. The largest absolute Gasteiger partial charge is 0.480 e. The molecule has 1 aliphatic heterocycles. The van der Waals surface area contributed by atoms with Gasteiger partial charge in [-0.25, -0.2) is 24.5 Å². The van der Waals surface area contributed by atoms with E-state index in [9.17, 15) is 9.59 Å². The molecule has 38 heavy (non-hydrogen) atoms. The zero-order valence-electron chi connectivity index (χ0n) is 23.5. The Labute approximate surface area is 229 Å². The van der Waals surface area contributed by atoms with Gasteiger partial charge in [-0.15, -0.1) is 0 Å². The van der Waals surface area contributed by atoms with E-state index in [0.717, 1.165) is 12.8 Å². The number of hydrogen-bond donors (Lipinski definition) is 1. The number of rotatable bonds is 7. The van der Waals surface area contributed by atoms with Crippen molar-refractivity contribution in [1.82, 2.24) is 20.3 Å². The van der Waals surface area contributed by atoms with Gasteiger partial charge < -0.3 is 24.4 Å². The lowest BCUT2D eigenvalue weighted by Crippen LogP contribution is -2.51. The van der Waals surface area contributed by atoms with Crippen LogP contribution in [0.15, 0.2) is 12.3 Å². The van der Waals surface area contributed by atoms with Crippen molar-refractivity contribution in [2.24, 2.45) is 5.41 Å². The molecule has 3 heterocycles. The maximum Gasteiger partial charge on any atom is 0.407 e. The van der Waals surface area contributed by atoms with Crippen molar-refractivity contribution in [2.45, 2.75) is 73.0 Å². The molecule has 10 nitrogen and oxygen atoms in total. The lowest BCUT2D eigenvalue weighted by molar-refractivity contribution is 0.0439. The van der Waals surface area contributed by atoms with Crippen molar-refractivity contribution in [1.29, 1.82) is 0 Å². The SMILES string of the molecule is CCOC(=O)c1nc(-c2ccnc(OC)c2Cl)c(C)nc1N1CCC(C)(C(C)NC(=O)OC(C)(C)C)CC1. The highest BCUT2D eigenvalue weighted by Gasteiger charge is 2.38. The van der Waals surface area contributed by atoms with Crippen LogP contribution in [-0.4, -0.2) is 65.5 Å². The number of nitrogens with one attached hydrogen (secondary N) is 1. The Bertz CT molecular complexity index is 1180. The Hall–Kier alpha value is -3.14. The monoisotopic (exact) mass is 547 g/mol. The third-order valence-electron chi connectivity index (χ3n) is 6.81. The summed E-state index contributed by atoms with van der Waals surface area (Å²) in [7, 11) is 1.48. The number of carbonyl (C=O) groups excluding carboxylic acids is 2. The molecule has 11 heteroatoms. The zero-order chi connectivity index (χ0) is 28.3. The maximum absolute atomic E-state index is 13.0. The molecule has 208 valence electrons. The molecule has 0 saturated carbocycles. The third kappa shape index (κ3) is 6.64. The first-order chi connectivity index (χ1) is 17.8. The first-order valence-electron chi connectivity index (χ1n) is 12.8. The molecular weight excluding hydrogens is 510 g/mol. The van der Waals surface area contributed by atoms with Crippen LogP contribution in [-0.2, 0) is 9.47 Å². The normalized spacial score (nSPS) is 16.0. The molecule has 1 aliphatic rings. The van der Waals surface area contributed by atoms with Crippen LogP contribution in [0.3, 0.4) is 0 Å². The van der Waals surface area contributed by atoms with Crippen molar-refractivity contribution >= 4 is 29.5 Å². The summed E-state index contributed by atoms with van der Waals surface area (Å²) in [6, 6.07) is 1.60. The lowest BCUT2D eigenvalue weighted by atomic mass is 9.74.